The van der Waals surface area contributed by atoms with Gasteiger partial charge in [-0.3, -0.25) is 4.90 Å². The molecule has 0 spiro atoms. The zero-order valence-corrected chi connectivity index (χ0v) is 11.5. The van der Waals surface area contributed by atoms with Crippen LogP contribution in [0.5, 0.6) is 0 Å². The quantitative estimate of drug-likeness (QED) is 0.593. The van der Waals surface area contributed by atoms with Crippen LogP contribution in [0.4, 0.5) is 0 Å². The van der Waals surface area contributed by atoms with Gasteiger partial charge in [-0.2, -0.15) is 0 Å². The summed E-state index contributed by atoms with van der Waals surface area (Å²) in [6.45, 7) is 5.82. The molecule has 2 saturated carbocycles. The molecule has 0 aliphatic heterocycles. The summed E-state index contributed by atoms with van der Waals surface area (Å²) in [4.78, 5) is 2.74. The summed E-state index contributed by atoms with van der Waals surface area (Å²) >= 11 is 0. The molecule has 2 heteroatoms. The summed E-state index contributed by atoms with van der Waals surface area (Å²) in [5.41, 5.74) is 6.01. The SMILES string of the molecule is CCCCCC(CN)N(CC1CC1)CC1CC1. The zero-order valence-electron chi connectivity index (χ0n) is 11.5. The van der Waals surface area contributed by atoms with E-state index in [4.69, 9.17) is 5.73 Å². The molecule has 0 aromatic rings. The van der Waals surface area contributed by atoms with Crippen LogP contribution >= 0.6 is 0 Å². The standard InChI is InChI=1S/C15H30N2/c1-2-3-4-5-15(10-16)17(11-13-6-7-13)12-14-8-9-14/h13-15H,2-12,16H2,1H3. The molecule has 0 bridgehead atoms. The summed E-state index contributed by atoms with van der Waals surface area (Å²) in [6, 6.07) is 0.669. The molecule has 17 heavy (non-hydrogen) atoms. The Bertz CT molecular complexity index is 195. The maximum absolute atomic E-state index is 6.01. The second kappa shape index (κ2) is 6.75. The largest absolute Gasteiger partial charge is 0.329 e. The summed E-state index contributed by atoms with van der Waals surface area (Å²) in [6.07, 6.45) is 11.2. The Kier molecular flexibility index (Phi) is 5.30. The Hall–Kier alpha value is -0.0800. The van der Waals surface area contributed by atoms with Gasteiger partial charge >= 0.3 is 0 Å². The summed E-state index contributed by atoms with van der Waals surface area (Å²) in [5.74, 6) is 2.02. The van der Waals surface area contributed by atoms with Gasteiger partial charge in [-0.15, -0.1) is 0 Å². The molecule has 100 valence electrons. The van der Waals surface area contributed by atoms with Gasteiger partial charge in [0.15, 0.2) is 0 Å². The minimum absolute atomic E-state index is 0.669. The highest BCUT2D eigenvalue weighted by atomic mass is 15.2. The lowest BCUT2D eigenvalue weighted by atomic mass is 10.1. The molecule has 1 atom stereocenters. The number of hydrogen-bond donors (Lipinski definition) is 1. The summed E-state index contributed by atoms with van der Waals surface area (Å²) in [7, 11) is 0. The summed E-state index contributed by atoms with van der Waals surface area (Å²) in [5, 5.41) is 0. The van der Waals surface area contributed by atoms with Crippen molar-refractivity contribution in [2.24, 2.45) is 17.6 Å². The monoisotopic (exact) mass is 238 g/mol. The molecule has 2 aliphatic rings. The second-order valence-corrected chi connectivity index (χ2v) is 6.23. The smallest absolute Gasteiger partial charge is 0.0218 e. The Balaban J connectivity index is 1.76. The highest BCUT2D eigenvalue weighted by Gasteiger charge is 2.31. The lowest BCUT2D eigenvalue weighted by Gasteiger charge is -2.31. The third kappa shape index (κ3) is 4.97. The molecule has 0 aromatic carbocycles. The van der Waals surface area contributed by atoms with Crippen LogP contribution in [0.2, 0.25) is 0 Å². The van der Waals surface area contributed by atoms with Crippen molar-refractivity contribution < 1.29 is 0 Å². The molecule has 2 N–H and O–H groups in total. The van der Waals surface area contributed by atoms with Crippen LogP contribution in [-0.4, -0.2) is 30.6 Å². The molecule has 2 aliphatic carbocycles. The first-order valence-corrected chi connectivity index (χ1v) is 7.77. The van der Waals surface area contributed by atoms with Crippen molar-refractivity contribution in [3.8, 4) is 0 Å². The highest BCUT2D eigenvalue weighted by Crippen LogP contribution is 2.34. The number of hydrogen-bond acceptors (Lipinski definition) is 2. The van der Waals surface area contributed by atoms with Crippen molar-refractivity contribution in [3.63, 3.8) is 0 Å². The molecule has 2 nitrogen and oxygen atoms in total. The van der Waals surface area contributed by atoms with Gasteiger partial charge in [0.1, 0.15) is 0 Å². The van der Waals surface area contributed by atoms with Gasteiger partial charge in [0.25, 0.3) is 0 Å². The van der Waals surface area contributed by atoms with Crippen molar-refractivity contribution >= 4 is 0 Å². The van der Waals surface area contributed by atoms with Crippen LogP contribution in [0.25, 0.3) is 0 Å². The molecule has 0 amide bonds. The molecule has 0 aromatic heterocycles. The third-order valence-corrected chi connectivity index (χ3v) is 4.31. The minimum Gasteiger partial charge on any atom is -0.329 e. The third-order valence-electron chi connectivity index (χ3n) is 4.31. The van der Waals surface area contributed by atoms with Crippen LogP contribution < -0.4 is 5.73 Å². The van der Waals surface area contributed by atoms with Crippen LogP contribution in [0.15, 0.2) is 0 Å². The fraction of sp³-hybridized carbons (Fsp3) is 1.00. The van der Waals surface area contributed by atoms with E-state index in [1.54, 1.807) is 0 Å². The van der Waals surface area contributed by atoms with E-state index in [0.29, 0.717) is 6.04 Å². The fourth-order valence-corrected chi connectivity index (χ4v) is 2.72. The van der Waals surface area contributed by atoms with Crippen molar-refractivity contribution in [1.82, 2.24) is 4.90 Å². The fourth-order valence-electron chi connectivity index (χ4n) is 2.72. The van der Waals surface area contributed by atoms with Crippen LogP contribution in [0.1, 0.15) is 58.3 Å². The van der Waals surface area contributed by atoms with Crippen LogP contribution in [0.3, 0.4) is 0 Å². The molecular weight excluding hydrogens is 208 g/mol. The zero-order chi connectivity index (χ0) is 12.1. The molecule has 2 fully saturated rings. The van der Waals surface area contributed by atoms with E-state index in [1.165, 1.54) is 64.5 Å². The molecular formula is C15H30N2. The van der Waals surface area contributed by atoms with E-state index in [0.717, 1.165) is 18.4 Å². The number of unbranched alkanes of at least 4 members (excludes halogenated alkanes) is 2. The predicted molar refractivity (Wildman–Crippen MR) is 74.0 cm³/mol. The molecule has 2 rings (SSSR count). The molecule has 0 radical (unpaired) electrons. The average molecular weight is 238 g/mol. The van der Waals surface area contributed by atoms with Gasteiger partial charge in [0.2, 0.25) is 0 Å². The Morgan fingerprint density at radius 3 is 2.06 bits per heavy atom. The lowest BCUT2D eigenvalue weighted by Crippen LogP contribution is -2.43. The first-order chi connectivity index (χ1) is 8.33. The van der Waals surface area contributed by atoms with Crippen molar-refractivity contribution in [1.29, 1.82) is 0 Å². The number of nitrogens with two attached hydrogens (primary N) is 1. The lowest BCUT2D eigenvalue weighted by molar-refractivity contribution is 0.172. The van der Waals surface area contributed by atoms with E-state index in [1.807, 2.05) is 0 Å². The van der Waals surface area contributed by atoms with Gasteiger partial charge in [-0.05, 0) is 43.9 Å². The first kappa shape index (κ1) is 13.4. The predicted octanol–water partition coefficient (Wildman–Crippen LogP) is 3.02. The van der Waals surface area contributed by atoms with E-state index < -0.39 is 0 Å². The van der Waals surface area contributed by atoms with Gasteiger partial charge in [-0.1, -0.05) is 26.2 Å². The topological polar surface area (TPSA) is 29.3 Å². The van der Waals surface area contributed by atoms with E-state index in [2.05, 4.69) is 11.8 Å². The Labute approximate surface area is 107 Å². The highest BCUT2D eigenvalue weighted by molar-refractivity contribution is 4.86. The normalized spacial score (nSPS) is 22.1. The van der Waals surface area contributed by atoms with Crippen molar-refractivity contribution in [2.45, 2.75) is 64.3 Å². The van der Waals surface area contributed by atoms with Crippen molar-refractivity contribution in [3.05, 3.63) is 0 Å². The van der Waals surface area contributed by atoms with Gasteiger partial charge in [-0.25, -0.2) is 0 Å². The van der Waals surface area contributed by atoms with Gasteiger partial charge < -0.3 is 5.73 Å². The van der Waals surface area contributed by atoms with Gasteiger partial charge in [0.05, 0.1) is 0 Å². The summed E-state index contributed by atoms with van der Waals surface area (Å²) < 4.78 is 0. The maximum Gasteiger partial charge on any atom is 0.0218 e. The minimum atomic E-state index is 0.669. The van der Waals surface area contributed by atoms with Crippen LogP contribution in [-0.2, 0) is 0 Å². The van der Waals surface area contributed by atoms with Gasteiger partial charge in [0, 0.05) is 25.7 Å². The Morgan fingerprint density at radius 2 is 1.65 bits per heavy atom. The molecule has 1 unspecified atom stereocenters. The average Bonchev–Trinajstić information content (AvgIpc) is 3.19. The second-order valence-electron chi connectivity index (χ2n) is 6.23. The van der Waals surface area contributed by atoms with E-state index >= 15 is 0 Å². The van der Waals surface area contributed by atoms with E-state index in [9.17, 15) is 0 Å². The first-order valence-electron chi connectivity index (χ1n) is 7.77. The Morgan fingerprint density at radius 1 is 1.06 bits per heavy atom. The maximum atomic E-state index is 6.01. The number of nitrogens with zero attached hydrogens (tertiary/aromatic N) is 1. The van der Waals surface area contributed by atoms with Crippen LogP contribution in [0, 0.1) is 11.8 Å². The molecule has 0 heterocycles. The van der Waals surface area contributed by atoms with E-state index in [-0.39, 0.29) is 0 Å². The molecule has 0 saturated heterocycles. The van der Waals surface area contributed by atoms with Crippen molar-refractivity contribution in [2.75, 3.05) is 19.6 Å². The number of rotatable bonds is 10.